The van der Waals surface area contributed by atoms with Crippen molar-refractivity contribution in [1.29, 1.82) is 5.26 Å². The molecule has 0 radical (unpaired) electrons. The van der Waals surface area contributed by atoms with Gasteiger partial charge in [-0.1, -0.05) is 54.6 Å². The quantitative estimate of drug-likeness (QED) is 0.377. The molecule has 0 atom stereocenters. The van der Waals surface area contributed by atoms with Gasteiger partial charge in [-0.3, -0.25) is 0 Å². The lowest BCUT2D eigenvalue weighted by Crippen LogP contribution is -2.30. The highest BCUT2D eigenvalue weighted by molar-refractivity contribution is 5.81. The Morgan fingerprint density at radius 2 is 1.47 bits per heavy atom. The molecular formula is C28H25N2+. The molecule has 30 heavy (non-hydrogen) atoms. The first kappa shape index (κ1) is 19.6. The molecule has 0 unspecified atom stereocenters. The first-order valence-electron chi connectivity index (χ1n) is 10.2. The van der Waals surface area contributed by atoms with Crippen molar-refractivity contribution in [3.63, 3.8) is 0 Å². The number of hydrogen-bond donors (Lipinski definition) is 0. The predicted molar refractivity (Wildman–Crippen MR) is 123 cm³/mol. The molecule has 1 heterocycles. The fraction of sp³-hybridized carbons (Fsp3) is 0.143. The summed E-state index contributed by atoms with van der Waals surface area (Å²) in [4.78, 5) is 0. The van der Waals surface area contributed by atoms with E-state index in [1.807, 2.05) is 25.1 Å². The Morgan fingerprint density at radius 3 is 2.20 bits per heavy atom. The number of benzene rings is 3. The third kappa shape index (κ3) is 3.40. The van der Waals surface area contributed by atoms with Gasteiger partial charge >= 0.3 is 0 Å². The molecule has 2 nitrogen and oxygen atoms in total. The van der Waals surface area contributed by atoms with Crippen molar-refractivity contribution in [2.45, 2.75) is 20.8 Å². The van der Waals surface area contributed by atoms with Crippen molar-refractivity contribution in [3.05, 3.63) is 101 Å². The minimum Gasteiger partial charge on any atom is -0.201 e. The molecule has 1 aromatic heterocycles. The smallest absolute Gasteiger partial charge is 0.201 e. The molecule has 2 heteroatoms. The molecule has 0 saturated carbocycles. The molecule has 0 aliphatic rings. The number of hydrogen-bond acceptors (Lipinski definition) is 1. The first-order valence-corrected chi connectivity index (χ1v) is 10.2. The second kappa shape index (κ2) is 7.97. The van der Waals surface area contributed by atoms with Crippen LogP contribution < -0.4 is 4.57 Å². The summed E-state index contributed by atoms with van der Waals surface area (Å²) in [6, 6.07) is 27.5. The molecule has 0 spiro atoms. The third-order valence-corrected chi connectivity index (χ3v) is 5.93. The van der Waals surface area contributed by atoms with Gasteiger partial charge in [0, 0.05) is 12.1 Å². The van der Waals surface area contributed by atoms with Crippen LogP contribution in [0.15, 0.2) is 79.0 Å². The predicted octanol–water partition coefficient (Wildman–Crippen LogP) is 6.31. The normalized spacial score (nSPS) is 10.6. The molecule has 0 fully saturated rings. The fourth-order valence-corrected chi connectivity index (χ4v) is 4.21. The van der Waals surface area contributed by atoms with Gasteiger partial charge in [0.25, 0.3) is 0 Å². The Labute approximate surface area is 178 Å². The zero-order valence-corrected chi connectivity index (χ0v) is 17.9. The van der Waals surface area contributed by atoms with E-state index < -0.39 is 0 Å². The van der Waals surface area contributed by atoms with E-state index in [0.717, 1.165) is 16.7 Å². The van der Waals surface area contributed by atoms with E-state index in [-0.39, 0.29) is 0 Å². The number of nitriles is 1. The Hall–Kier alpha value is -3.70. The molecule has 3 aromatic carbocycles. The van der Waals surface area contributed by atoms with Crippen LogP contribution in [0.4, 0.5) is 0 Å². The SMILES string of the molecule is Cc1ccc(-c2cccc(C#N)c2C)c(C)c1-c1cc(-c2ccccc2)cc[n+]1C. The van der Waals surface area contributed by atoms with Gasteiger partial charge in [-0.25, -0.2) is 4.57 Å². The van der Waals surface area contributed by atoms with Crippen LogP contribution in [0.3, 0.4) is 0 Å². The van der Waals surface area contributed by atoms with Crippen molar-refractivity contribution >= 4 is 0 Å². The van der Waals surface area contributed by atoms with Crippen molar-refractivity contribution < 1.29 is 4.57 Å². The van der Waals surface area contributed by atoms with Crippen LogP contribution in [0.1, 0.15) is 22.3 Å². The molecule has 4 rings (SSSR count). The second-order valence-corrected chi connectivity index (χ2v) is 7.80. The van der Waals surface area contributed by atoms with Gasteiger partial charge in [-0.05, 0) is 65.8 Å². The molecule has 146 valence electrons. The van der Waals surface area contributed by atoms with Crippen molar-refractivity contribution in [3.8, 4) is 39.6 Å². The van der Waals surface area contributed by atoms with E-state index in [4.69, 9.17) is 0 Å². The number of aryl methyl sites for hydroxylation is 2. The monoisotopic (exact) mass is 389 g/mol. The standard InChI is InChI=1S/C28H25N2/c1-19-13-14-26(25-12-8-11-24(18-29)20(25)2)21(3)28(19)27-17-23(15-16-30(27)4)22-9-6-5-7-10-22/h5-17H,1-4H3/q+1. The van der Waals surface area contributed by atoms with Gasteiger partial charge in [0.05, 0.1) is 17.2 Å². The highest BCUT2D eigenvalue weighted by Gasteiger charge is 2.20. The van der Waals surface area contributed by atoms with Crippen LogP contribution in [0, 0.1) is 32.1 Å². The largest absolute Gasteiger partial charge is 0.213 e. The molecule has 0 bridgehead atoms. The average Bonchev–Trinajstić information content (AvgIpc) is 2.76. The second-order valence-electron chi connectivity index (χ2n) is 7.80. The van der Waals surface area contributed by atoms with Gasteiger partial charge in [-0.2, -0.15) is 5.26 Å². The Kier molecular flexibility index (Phi) is 5.21. The summed E-state index contributed by atoms with van der Waals surface area (Å²) >= 11 is 0. The zero-order chi connectivity index (χ0) is 21.3. The molecule has 0 aliphatic heterocycles. The molecule has 0 amide bonds. The van der Waals surface area contributed by atoms with Crippen LogP contribution in [0.2, 0.25) is 0 Å². The topological polar surface area (TPSA) is 27.7 Å². The Morgan fingerprint density at radius 1 is 0.733 bits per heavy atom. The number of pyridine rings is 1. The van der Waals surface area contributed by atoms with Gasteiger partial charge in [-0.15, -0.1) is 0 Å². The summed E-state index contributed by atoms with van der Waals surface area (Å²) in [5.74, 6) is 0. The van der Waals surface area contributed by atoms with E-state index >= 15 is 0 Å². The van der Waals surface area contributed by atoms with Crippen LogP contribution in [0.5, 0.6) is 0 Å². The van der Waals surface area contributed by atoms with Crippen molar-refractivity contribution in [2.24, 2.45) is 7.05 Å². The lowest BCUT2D eigenvalue weighted by atomic mass is 9.88. The fourth-order valence-electron chi connectivity index (χ4n) is 4.21. The summed E-state index contributed by atoms with van der Waals surface area (Å²) in [5.41, 5.74) is 11.4. The average molecular weight is 390 g/mol. The highest BCUT2D eigenvalue weighted by Crippen LogP contribution is 2.36. The van der Waals surface area contributed by atoms with Gasteiger partial charge < -0.3 is 0 Å². The van der Waals surface area contributed by atoms with Crippen LogP contribution in [0.25, 0.3) is 33.5 Å². The number of nitrogens with zero attached hydrogens (tertiary/aromatic N) is 2. The molecule has 0 aliphatic carbocycles. The van der Waals surface area contributed by atoms with E-state index in [9.17, 15) is 5.26 Å². The maximum atomic E-state index is 9.46. The van der Waals surface area contributed by atoms with Gasteiger partial charge in [0.1, 0.15) is 7.05 Å². The van der Waals surface area contributed by atoms with Crippen molar-refractivity contribution in [1.82, 2.24) is 0 Å². The minimum atomic E-state index is 0.727. The minimum absolute atomic E-state index is 0.727. The summed E-state index contributed by atoms with van der Waals surface area (Å²) in [6.45, 7) is 6.38. The van der Waals surface area contributed by atoms with Crippen LogP contribution in [-0.4, -0.2) is 0 Å². The summed E-state index contributed by atoms with van der Waals surface area (Å²) < 4.78 is 2.18. The van der Waals surface area contributed by atoms with E-state index in [2.05, 4.69) is 92.3 Å². The number of aromatic nitrogens is 1. The van der Waals surface area contributed by atoms with E-state index in [0.29, 0.717) is 0 Å². The summed E-state index contributed by atoms with van der Waals surface area (Å²) in [5, 5.41) is 9.46. The van der Waals surface area contributed by atoms with Gasteiger partial charge in [0.15, 0.2) is 6.20 Å². The number of rotatable bonds is 3. The Bertz CT molecular complexity index is 1280. The molecule has 0 N–H and O–H groups in total. The zero-order valence-electron chi connectivity index (χ0n) is 17.9. The lowest BCUT2D eigenvalue weighted by molar-refractivity contribution is -0.660. The van der Waals surface area contributed by atoms with E-state index in [1.54, 1.807) is 0 Å². The van der Waals surface area contributed by atoms with Gasteiger partial charge in [0.2, 0.25) is 5.69 Å². The first-order chi connectivity index (χ1) is 14.5. The molecule has 4 aromatic rings. The summed E-state index contributed by atoms with van der Waals surface area (Å²) in [7, 11) is 2.09. The third-order valence-electron chi connectivity index (χ3n) is 5.93. The van der Waals surface area contributed by atoms with Crippen molar-refractivity contribution in [2.75, 3.05) is 0 Å². The Balaban J connectivity index is 1.94. The van der Waals surface area contributed by atoms with Crippen LogP contribution >= 0.6 is 0 Å². The maximum absolute atomic E-state index is 9.46. The van der Waals surface area contributed by atoms with Crippen LogP contribution in [-0.2, 0) is 7.05 Å². The lowest BCUT2D eigenvalue weighted by Gasteiger charge is -2.16. The molecular weight excluding hydrogens is 364 g/mol. The maximum Gasteiger partial charge on any atom is 0.213 e. The summed E-state index contributed by atoms with van der Waals surface area (Å²) in [6.07, 6.45) is 2.13. The highest BCUT2D eigenvalue weighted by atomic mass is 14.9. The van der Waals surface area contributed by atoms with E-state index in [1.165, 1.54) is 39.1 Å². The molecule has 0 saturated heterocycles.